The Morgan fingerprint density at radius 2 is 2.15 bits per heavy atom. The Labute approximate surface area is 117 Å². The third kappa shape index (κ3) is 2.92. The summed E-state index contributed by atoms with van der Waals surface area (Å²) in [7, 11) is 0. The van der Waals surface area contributed by atoms with E-state index in [1.54, 1.807) is 18.2 Å². The van der Waals surface area contributed by atoms with E-state index in [2.05, 4.69) is 10.6 Å². The molecule has 0 aromatic heterocycles. The van der Waals surface area contributed by atoms with Gasteiger partial charge in [0.15, 0.2) is 6.61 Å². The van der Waals surface area contributed by atoms with Crippen LogP contribution in [0.3, 0.4) is 0 Å². The van der Waals surface area contributed by atoms with Crippen molar-refractivity contribution in [3.8, 4) is 5.75 Å². The lowest BCUT2D eigenvalue weighted by atomic mass is 10.0. The normalized spacial score (nSPS) is 18.1. The van der Waals surface area contributed by atoms with Gasteiger partial charge in [-0.1, -0.05) is 12.8 Å². The molecule has 2 aliphatic rings. The molecule has 0 atom stereocenters. The maximum absolute atomic E-state index is 12.0. The zero-order chi connectivity index (χ0) is 13.9. The average molecular weight is 274 g/mol. The van der Waals surface area contributed by atoms with Gasteiger partial charge in [-0.15, -0.1) is 0 Å². The second-order valence-corrected chi connectivity index (χ2v) is 5.45. The van der Waals surface area contributed by atoms with E-state index in [4.69, 9.17) is 4.74 Å². The molecule has 1 aromatic carbocycles. The number of benzene rings is 1. The van der Waals surface area contributed by atoms with Crippen LogP contribution >= 0.6 is 0 Å². The number of carbonyl (C=O) groups excluding carboxylic acids is 2. The maximum Gasteiger partial charge on any atom is 0.262 e. The standard InChI is InChI=1S/C15H18N2O3/c18-14(7-10-3-1-2-4-10)16-11-5-6-13-12(8-11)17-15(19)9-20-13/h5-6,8,10H,1-4,7,9H2,(H,16,18)(H,17,19). The molecule has 106 valence electrons. The molecule has 1 fully saturated rings. The quantitative estimate of drug-likeness (QED) is 0.890. The summed E-state index contributed by atoms with van der Waals surface area (Å²) in [5.74, 6) is 1.03. The Morgan fingerprint density at radius 3 is 2.95 bits per heavy atom. The van der Waals surface area contributed by atoms with Crippen molar-refractivity contribution >= 4 is 23.2 Å². The van der Waals surface area contributed by atoms with Gasteiger partial charge < -0.3 is 15.4 Å². The third-order valence-corrected chi connectivity index (χ3v) is 3.84. The van der Waals surface area contributed by atoms with Crippen LogP contribution in [0.25, 0.3) is 0 Å². The fourth-order valence-electron chi connectivity index (χ4n) is 2.85. The summed E-state index contributed by atoms with van der Waals surface area (Å²) in [4.78, 5) is 23.2. The second kappa shape index (κ2) is 5.53. The molecule has 2 N–H and O–H groups in total. The molecule has 3 rings (SSSR count). The Kier molecular flexibility index (Phi) is 3.58. The molecule has 0 radical (unpaired) electrons. The lowest BCUT2D eigenvalue weighted by molar-refractivity contribution is -0.118. The van der Waals surface area contributed by atoms with E-state index in [0.717, 1.165) is 12.8 Å². The summed E-state index contributed by atoms with van der Waals surface area (Å²) >= 11 is 0. The minimum atomic E-state index is -0.174. The highest BCUT2D eigenvalue weighted by Crippen LogP contribution is 2.31. The van der Waals surface area contributed by atoms with Crippen molar-refractivity contribution in [1.29, 1.82) is 0 Å². The first-order chi connectivity index (χ1) is 9.70. The van der Waals surface area contributed by atoms with Crippen molar-refractivity contribution in [3.63, 3.8) is 0 Å². The van der Waals surface area contributed by atoms with Crippen LogP contribution in [0.4, 0.5) is 11.4 Å². The van der Waals surface area contributed by atoms with E-state index in [0.29, 0.717) is 29.5 Å². The molecule has 2 amide bonds. The predicted molar refractivity (Wildman–Crippen MR) is 75.8 cm³/mol. The largest absolute Gasteiger partial charge is 0.482 e. The van der Waals surface area contributed by atoms with E-state index >= 15 is 0 Å². The van der Waals surface area contributed by atoms with Crippen molar-refractivity contribution < 1.29 is 14.3 Å². The summed E-state index contributed by atoms with van der Waals surface area (Å²) in [6.45, 7) is 0.0420. The van der Waals surface area contributed by atoms with E-state index in [1.807, 2.05) is 0 Å². The zero-order valence-corrected chi connectivity index (χ0v) is 11.3. The molecule has 0 saturated heterocycles. The van der Waals surface area contributed by atoms with Crippen molar-refractivity contribution in [2.75, 3.05) is 17.2 Å². The second-order valence-electron chi connectivity index (χ2n) is 5.45. The van der Waals surface area contributed by atoms with Gasteiger partial charge in [0.2, 0.25) is 5.91 Å². The van der Waals surface area contributed by atoms with E-state index in [1.165, 1.54) is 12.8 Å². The summed E-state index contributed by atoms with van der Waals surface area (Å²) in [6.07, 6.45) is 5.36. The third-order valence-electron chi connectivity index (χ3n) is 3.84. The van der Waals surface area contributed by atoms with E-state index < -0.39 is 0 Å². The number of rotatable bonds is 3. The number of nitrogens with one attached hydrogen (secondary N) is 2. The van der Waals surface area contributed by atoms with Crippen LogP contribution < -0.4 is 15.4 Å². The molecule has 5 heteroatoms. The van der Waals surface area contributed by atoms with Crippen LogP contribution in [-0.4, -0.2) is 18.4 Å². The molecule has 1 saturated carbocycles. The lowest BCUT2D eigenvalue weighted by Crippen LogP contribution is -2.25. The number of hydrogen-bond acceptors (Lipinski definition) is 3. The van der Waals surface area contributed by atoms with Gasteiger partial charge in [0, 0.05) is 12.1 Å². The highest BCUT2D eigenvalue weighted by molar-refractivity contribution is 5.97. The van der Waals surface area contributed by atoms with Gasteiger partial charge in [0.25, 0.3) is 5.91 Å². The van der Waals surface area contributed by atoms with Crippen molar-refractivity contribution in [2.24, 2.45) is 5.92 Å². The number of fused-ring (bicyclic) bond motifs is 1. The summed E-state index contributed by atoms with van der Waals surface area (Å²) in [6, 6.07) is 5.29. The van der Waals surface area contributed by atoms with Crippen LogP contribution in [0.15, 0.2) is 18.2 Å². The summed E-state index contributed by atoms with van der Waals surface area (Å²) in [5.41, 5.74) is 1.30. The van der Waals surface area contributed by atoms with Crippen LogP contribution in [-0.2, 0) is 9.59 Å². The number of ether oxygens (including phenoxy) is 1. The smallest absolute Gasteiger partial charge is 0.262 e. The Morgan fingerprint density at radius 1 is 1.35 bits per heavy atom. The van der Waals surface area contributed by atoms with Gasteiger partial charge in [0.05, 0.1) is 5.69 Å². The van der Waals surface area contributed by atoms with E-state index in [9.17, 15) is 9.59 Å². The SMILES string of the molecule is O=C(CC1CCCC1)Nc1ccc2c(c1)NC(=O)CO2. The Bertz CT molecular complexity index is 536. The van der Waals surface area contributed by atoms with Crippen molar-refractivity contribution in [1.82, 2.24) is 0 Å². The van der Waals surface area contributed by atoms with Crippen molar-refractivity contribution in [3.05, 3.63) is 18.2 Å². The zero-order valence-electron chi connectivity index (χ0n) is 11.3. The number of anilines is 2. The van der Waals surface area contributed by atoms with Crippen molar-refractivity contribution in [2.45, 2.75) is 32.1 Å². The number of amides is 2. The molecular formula is C15H18N2O3. The molecule has 0 spiro atoms. The molecule has 5 nitrogen and oxygen atoms in total. The van der Waals surface area contributed by atoms with Crippen LogP contribution in [0.5, 0.6) is 5.75 Å². The highest BCUT2D eigenvalue weighted by atomic mass is 16.5. The van der Waals surface area contributed by atoms with Gasteiger partial charge in [-0.2, -0.15) is 0 Å². The van der Waals surface area contributed by atoms with Gasteiger partial charge in [-0.25, -0.2) is 0 Å². The molecule has 20 heavy (non-hydrogen) atoms. The molecule has 1 aliphatic carbocycles. The molecule has 1 aliphatic heterocycles. The minimum Gasteiger partial charge on any atom is -0.482 e. The molecule has 0 unspecified atom stereocenters. The lowest BCUT2D eigenvalue weighted by Gasteiger charge is -2.18. The van der Waals surface area contributed by atoms with E-state index in [-0.39, 0.29) is 18.4 Å². The van der Waals surface area contributed by atoms with Gasteiger partial charge in [-0.3, -0.25) is 9.59 Å². The topological polar surface area (TPSA) is 67.4 Å². The molecule has 1 aromatic rings. The Hall–Kier alpha value is -2.04. The van der Waals surface area contributed by atoms with Gasteiger partial charge in [0.1, 0.15) is 5.75 Å². The number of hydrogen-bond donors (Lipinski definition) is 2. The molecular weight excluding hydrogens is 256 g/mol. The van der Waals surface area contributed by atoms with Gasteiger partial charge in [-0.05, 0) is 37.0 Å². The number of carbonyl (C=O) groups is 2. The fraction of sp³-hybridized carbons (Fsp3) is 0.467. The molecule has 0 bridgehead atoms. The first-order valence-electron chi connectivity index (χ1n) is 7.07. The van der Waals surface area contributed by atoms with Gasteiger partial charge >= 0.3 is 0 Å². The van der Waals surface area contributed by atoms with Crippen LogP contribution in [0.2, 0.25) is 0 Å². The average Bonchev–Trinajstić information content (AvgIpc) is 2.91. The monoisotopic (exact) mass is 274 g/mol. The molecule has 1 heterocycles. The minimum absolute atomic E-state index is 0.0416. The first kappa shape index (κ1) is 13.0. The summed E-state index contributed by atoms with van der Waals surface area (Å²) < 4.78 is 5.28. The van der Waals surface area contributed by atoms with Crippen LogP contribution in [0.1, 0.15) is 32.1 Å². The predicted octanol–water partition coefficient (Wildman–Crippen LogP) is 2.54. The Balaban J connectivity index is 1.63. The first-order valence-corrected chi connectivity index (χ1v) is 7.07. The highest BCUT2D eigenvalue weighted by Gasteiger charge is 2.19. The summed E-state index contributed by atoms with van der Waals surface area (Å²) in [5, 5.41) is 5.62. The maximum atomic E-state index is 12.0. The fourth-order valence-corrected chi connectivity index (χ4v) is 2.85. The van der Waals surface area contributed by atoms with Crippen LogP contribution in [0, 0.1) is 5.92 Å².